The van der Waals surface area contributed by atoms with Crippen molar-refractivity contribution >= 4 is 17.4 Å². The number of hydrogen-bond donors (Lipinski definition) is 2. The van der Waals surface area contributed by atoms with Gasteiger partial charge in [0, 0.05) is 12.1 Å². The third-order valence-electron chi connectivity index (χ3n) is 2.46. The molecule has 1 unspecified atom stereocenters. The van der Waals surface area contributed by atoms with Crippen molar-refractivity contribution in [2.45, 2.75) is 32.7 Å². The van der Waals surface area contributed by atoms with Gasteiger partial charge in [-0.15, -0.1) is 0 Å². The summed E-state index contributed by atoms with van der Waals surface area (Å²) in [5, 5.41) is 13.3. The first-order chi connectivity index (χ1) is 8.45. The number of nitrogens with one attached hydrogen (secondary N) is 1. The topological polar surface area (TPSA) is 111 Å². The monoisotopic (exact) mass is 252 g/mol. The lowest BCUT2D eigenvalue weighted by molar-refractivity contribution is -0.385. The van der Waals surface area contributed by atoms with Crippen LogP contribution in [0.25, 0.3) is 0 Å². The molecule has 0 aliphatic carbocycles. The molecule has 3 N–H and O–H groups in total. The standard InChI is InChI=1S/C11H16N4O3/c1-3-4-7(2)14-11(16)9-5-8(15(17)18)6-13-10(9)12/h5-7H,3-4H2,1-2H3,(H2,12,13)(H,14,16). The Hall–Kier alpha value is -2.18. The highest BCUT2D eigenvalue weighted by Gasteiger charge is 2.17. The molecule has 0 aliphatic heterocycles. The van der Waals surface area contributed by atoms with Crippen molar-refractivity contribution in [3.05, 3.63) is 27.9 Å². The Bertz CT molecular complexity index is 462. The number of amides is 1. The molecule has 18 heavy (non-hydrogen) atoms. The van der Waals surface area contributed by atoms with Crippen LogP contribution >= 0.6 is 0 Å². The predicted octanol–water partition coefficient (Wildman–Crippen LogP) is 1.49. The minimum absolute atomic E-state index is 0.0122. The molecule has 1 heterocycles. The number of anilines is 1. The number of carbonyl (C=O) groups is 1. The number of nitrogens with zero attached hydrogens (tertiary/aromatic N) is 2. The number of aromatic nitrogens is 1. The van der Waals surface area contributed by atoms with Crippen molar-refractivity contribution in [1.29, 1.82) is 0 Å². The molecule has 1 atom stereocenters. The third kappa shape index (κ3) is 3.41. The fraction of sp³-hybridized carbons (Fsp3) is 0.455. The maximum atomic E-state index is 11.9. The molecule has 7 heteroatoms. The average molecular weight is 252 g/mol. The van der Waals surface area contributed by atoms with E-state index in [0.717, 1.165) is 25.1 Å². The zero-order chi connectivity index (χ0) is 13.7. The Morgan fingerprint density at radius 3 is 2.89 bits per heavy atom. The molecule has 1 rings (SSSR count). The molecular weight excluding hydrogens is 236 g/mol. The zero-order valence-electron chi connectivity index (χ0n) is 10.3. The van der Waals surface area contributed by atoms with Gasteiger partial charge in [-0.3, -0.25) is 14.9 Å². The molecule has 7 nitrogen and oxygen atoms in total. The molecule has 0 fully saturated rings. The summed E-state index contributed by atoms with van der Waals surface area (Å²) >= 11 is 0. The van der Waals surface area contributed by atoms with Crippen molar-refractivity contribution in [3.63, 3.8) is 0 Å². The summed E-state index contributed by atoms with van der Waals surface area (Å²) in [7, 11) is 0. The minimum Gasteiger partial charge on any atom is -0.383 e. The summed E-state index contributed by atoms with van der Waals surface area (Å²) in [5.74, 6) is -0.452. The van der Waals surface area contributed by atoms with Crippen LogP contribution in [0, 0.1) is 10.1 Å². The van der Waals surface area contributed by atoms with Crippen LogP contribution in [0.4, 0.5) is 11.5 Å². The molecule has 0 bridgehead atoms. The van der Waals surface area contributed by atoms with Crippen LogP contribution in [0.2, 0.25) is 0 Å². The maximum absolute atomic E-state index is 11.9. The first-order valence-corrected chi connectivity index (χ1v) is 5.66. The largest absolute Gasteiger partial charge is 0.383 e. The summed E-state index contributed by atoms with van der Waals surface area (Å²) in [4.78, 5) is 25.5. The molecule has 0 spiro atoms. The van der Waals surface area contributed by atoms with Gasteiger partial charge in [0.15, 0.2) is 0 Å². The fourth-order valence-electron chi connectivity index (χ4n) is 1.55. The predicted molar refractivity (Wildman–Crippen MR) is 67.1 cm³/mol. The number of pyridine rings is 1. The SMILES string of the molecule is CCCC(C)NC(=O)c1cc([N+](=O)[O-])cnc1N. The maximum Gasteiger partial charge on any atom is 0.288 e. The lowest BCUT2D eigenvalue weighted by Crippen LogP contribution is -2.33. The van der Waals surface area contributed by atoms with Crippen LogP contribution in [-0.4, -0.2) is 21.9 Å². The number of carbonyl (C=O) groups excluding carboxylic acids is 1. The summed E-state index contributed by atoms with van der Waals surface area (Å²) < 4.78 is 0. The smallest absolute Gasteiger partial charge is 0.288 e. The van der Waals surface area contributed by atoms with Crippen LogP contribution in [0.3, 0.4) is 0 Å². The minimum atomic E-state index is -0.612. The van der Waals surface area contributed by atoms with Gasteiger partial charge in [0.2, 0.25) is 0 Å². The van der Waals surface area contributed by atoms with E-state index in [2.05, 4.69) is 10.3 Å². The Morgan fingerprint density at radius 1 is 1.67 bits per heavy atom. The first kappa shape index (κ1) is 13.9. The van der Waals surface area contributed by atoms with Crippen LogP contribution in [0.15, 0.2) is 12.3 Å². The van der Waals surface area contributed by atoms with Crippen molar-refractivity contribution < 1.29 is 9.72 Å². The molecule has 0 saturated heterocycles. The third-order valence-corrected chi connectivity index (χ3v) is 2.46. The van der Waals surface area contributed by atoms with E-state index in [9.17, 15) is 14.9 Å². The number of hydrogen-bond acceptors (Lipinski definition) is 5. The number of nitrogens with two attached hydrogens (primary N) is 1. The summed E-state index contributed by atoms with van der Waals surface area (Å²) in [5.41, 5.74) is 5.33. The Kier molecular flexibility index (Phi) is 4.59. The molecule has 0 aromatic carbocycles. The summed E-state index contributed by atoms with van der Waals surface area (Å²) in [6.45, 7) is 3.87. The van der Waals surface area contributed by atoms with E-state index < -0.39 is 10.8 Å². The van der Waals surface area contributed by atoms with E-state index in [4.69, 9.17) is 5.73 Å². The first-order valence-electron chi connectivity index (χ1n) is 5.66. The van der Waals surface area contributed by atoms with Gasteiger partial charge < -0.3 is 11.1 Å². The average Bonchev–Trinajstić information content (AvgIpc) is 2.29. The van der Waals surface area contributed by atoms with Crippen LogP contribution in [0.5, 0.6) is 0 Å². The molecule has 0 saturated carbocycles. The Morgan fingerprint density at radius 2 is 2.33 bits per heavy atom. The molecule has 0 radical (unpaired) electrons. The van der Waals surface area contributed by atoms with E-state index >= 15 is 0 Å². The van der Waals surface area contributed by atoms with E-state index in [1.165, 1.54) is 0 Å². The van der Waals surface area contributed by atoms with E-state index in [1.807, 2.05) is 13.8 Å². The van der Waals surface area contributed by atoms with E-state index in [0.29, 0.717) is 0 Å². The van der Waals surface area contributed by atoms with Crippen molar-refractivity contribution in [3.8, 4) is 0 Å². The normalized spacial score (nSPS) is 11.9. The van der Waals surface area contributed by atoms with Crippen molar-refractivity contribution in [1.82, 2.24) is 10.3 Å². The van der Waals surface area contributed by atoms with Gasteiger partial charge in [0.05, 0.1) is 10.5 Å². The lowest BCUT2D eigenvalue weighted by Gasteiger charge is -2.13. The van der Waals surface area contributed by atoms with Crippen molar-refractivity contribution in [2.24, 2.45) is 0 Å². The van der Waals surface area contributed by atoms with Gasteiger partial charge in [0.1, 0.15) is 12.0 Å². The highest BCUT2D eigenvalue weighted by atomic mass is 16.6. The zero-order valence-corrected chi connectivity index (χ0v) is 10.3. The van der Waals surface area contributed by atoms with Crippen LogP contribution in [-0.2, 0) is 0 Å². The molecule has 98 valence electrons. The molecule has 1 aromatic rings. The van der Waals surface area contributed by atoms with Gasteiger partial charge in [0.25, 0.3) is 11.6 Å². The summed E-state index contributed by atoms with van der Waals surface area (Å²) in [6, 6.07) is 1.12. The highest BCUT2D eigenvalue weighted by molar-refractivity contribution is 5.99. The number of nitro groups is 1. The summed E-state index contributed by atoms with van der Waals surface area (Å²) in [6.07, 6.45) is 2.79. The van der Waals surface area contributed by atoms with E-state index in [-0.39, 0.29) is 23.1 Å². The molecule has 1 aromatic heterocycles. The van der Waals surface area contributed by atoms with Gasteiger partial charge >= 0.3 is 0 Å². The quantitative estimate of drug-likeness (QED) is 0.609. The van der Waals surface area contributed by atoms with Crippen LogP contribution in [0.1, 0.15) is 37.0 Å². The molecular formula is C11H16N4O3. The molecule has 0 aliphatic rings. The number of rotatable bonds is 5. The van der Waals surface area contributed by atoms with Crippen LogP contribution < -0.4 is 11.1 Å². The Balaban J connectivity index is 2.91. The van der Waals surface area contributed by atoms with Gasteiger partial charge in [-0.2, -0.15) is 0 Å². The van der Waals surface area contributed by atoms with Gasteiger partial charge in [-0.1, -0.05) is 13.3 Å². The second-order valence-electron chi connectivity index (χ2n) is 4.05. The second kappa shape index (κ2) is 5.95. The van der Waals surface area contributed by atoms with Gasteiger partial charge in [-0.25, -0.2) is 4.98 Å². The fourth-order valence-corrected chi connectivity index (χ4v) is 1.55. The highest BCUT2D eigenvalue weighted by Crippen LogP contribution is 2.16. The second-order valence-corrected chi connectivity index (χ2v) is 4.05. The van der Waals surface area contributed by atoms with E-state index in [1.54, 1.807) is 0 Å². The molecule has 1 amide bonds. The lowest BCUT2D eigenvalue weighted by atomic mass is 10.1. The van der Waals surface area contributed by atoms with Gasteiger partial charge in [-0.05, 0) is 13.3 Å². The Labute approximate surface area is 105 Å². The number of nitrogen functional groups attached to an aromatic ring is 1. The van der Waals surface area contributed by atoms with Crippen molar-refractivity contribution in [2.75, 3.05) is 5.73 Å².